The van der Waals surface area contributed by atoms with Crippen LogP contribution in [0.4, 0.5) is 5.82 Å². The molecule has 4 nitrogen and oxygen atoms in total. The van der Waals surface area contributed by atoms with Crippen molar-refractivity contribution in [2.45, 2.75) is 53.1 Å². The summed E-state index contributed by atoms with van der Waals surface area (Å²) in [6, 6.07) is 6.03. The van der Waals surface area contributed by atoms with Crippen LogP contribution in [0.2, 0.25) is 0 Å². The van der Waals surface area contributed by atoms with Crippen LogP contribution in [0.3, 0.4) is 0 Å². The van der Waals surface area contributed by atoms with Crippen LogP contribution in [0.15, 0.2) is 18.2 Å². The highest BCUT2D eigenvalue weighted by atomic mass is 16.2. The number of hydrogen-bond acceptors (Lipinski definition) is 3. The van der Waals surface area contributed by atoms with E-state index in [0.29, 0.717) is 17.7 Å². The highest BCUT2D eigenvalue weighted by Gasteiger charge is 2.19. The lowest BCUT2D eigenvalue weighted by molar-refractivity contribution is 0.0722. The van der Waals surface area contributed by atoms with Gasteiger partial charge in [0, 0.05) is 19.1 Å². The zero-order chi connectivity index (χ0) is 15.3. The van der Waals surface area contributed by atoms with Crippen molar-refractivity contribution in [2.75, 3.05) is 12.4 Å². The number of hydrogen-bond donors (Lipinski definition) is 1. The van der Waals surface area contributed by atoms with Crippen molar-refractivity contribution in [3.8, 4) is 0 Å². The molecule has 1 amide bonds. The third kappa shape index (κ3) is 4.83. The summed E-state index contributed by atoms with van der Waals surface area (Å²) in [5.74, 6) is 1.29. The van der Waals surface area contributed by atoms with Gasteiger partial charge in [-0.15, -0.1) is 0 Å². The molecule has 0 bridgehead atoms. The molecule has 20 heavy (non-hydrogen) atoms. The zero-order valence-electron chi connectivity index (χ0n) is 13.5. The largest absolute Gasteiger partial charge is 0.368 e. The number of carbonyl (C=O) groups excluding carboxylic acids is 1. The molecule has 0 saturated carbocycles. The van der Waals surface area contributed by atoms with Crippen LogP contribution in [0.5, 0.6) is 0 Å². The quantitative estimate of drug-likeness (QED) is 0.866. The fourth-order valence-electron chi connectivity index (χ4n) is 2.15. The van der Waals surface area contributed by atoms with E-state index in [9.17, 15) is 4.79 Å². The number of rotatable bonds is 6. The predicted molar refractivity (Wildman–Crippen MR) is 84.0 cm³/mol. The third-order valence-corrected chi connectivity index (χ3v) is 3.20. The van der Waals surface area contributed by atoms with E-state index >= 15 is 0 Å². The highest BCUT2D eigenvalue weighted by molar-refractivity contribution is 5.92. The van der Waals surface area contributed by atoms with Crippen molar-refractivity contribution in [1.29, 1.82) is 0 Å². The number of pyridine rings is 1. The molecule has 0 aliphatic rings. The number of aromatic nitrogens is 1. The average Bonchev–Trinajstić information content (AvgIpc) is 2.35. The van der Waals surface area contributed by atoms with E-state index in [2.05, 4.69) is 31.1 Å². The van der Waals surface area contributed by atoms with Crippen LogP contribution in [0, 0.1) is 5.92 Å². The van der Waals surface area contributed by atoms with Crippen LogP contribution in [0.1, 0.15) is 51.5 Å². The number of amides is 1. The maximum atomic E-state index is 12.4. The first-order valence-electron chi connectivity index (χ1n) is 7.32. The molecule has 112 valence electrons. The Morgan fingerprint density at radius 3 is 2.45 bits per heavy atom. The maximum Gasteiger partial charge on any atom is 0.272 e. The summed E-state index contributed by atoms with van der Waals surface area (Å²) in [5.41, 5.74) is 0.494. The van der Waals surface area contributed by atoms with Gasteiger partial charge >= 0.3 is 0 Å². The lowest BCUT2D eigenvalue weighted by Crippen LogP contribution is -2.36. The molecule has 0 aliphatic carbocycles. The molecule has 1 N–H and O–H groups in total. The monoisotopic (exact) mass is 277 g/mol. The number of nitrogens with zero attached hydrogens (tertiary/aromatic N) is 2. The molecule has 1 rings (SSSR count). The smallest absolute Gasteiger partial charge is 0.272 e. The molecule has 0 radical (unpaired) electrons. The highest BCUT2D eigenvalue weighted by Crippen LogP contribution is 2.13. The van der Waals surface area contributed by atoms with Crippen LogP contribution >= 0.6 is 0 Å². The molecule has 1 aromatic rings. The molecule has 0 aliphatic heterocycles. The lowest BCUT2D eigenvalue weighted by atomic mass is 10.0. The summed E-state index contributed by atoms with van der Waals surface area (Å²) < 4.78 is 0. The Hall–Kier alpha value is -1.58. The second-order valence-corrected chi connectivity index (χ2v) is 6.10. The first-order valence-corrected chi connectivity index (χ1v) is 7.32. The molecule has 1 heterocycles. The summed E-state index contributed by atoms with van der Waals surface area (Å²) >= 11 is 0. The molecule has 1 unspecified atom stereocenters. The molecule has 1 atom stereocenters. The van der Waals surface area contributed by atoms with Crippen LogP contribution in [-0.4, -0.2) is 34.9 Å². The van der Waals surface area contributed by atoms with Gasteiger partial charge in [0.2, 0.25) is 0 Å². The van der Waals surface area contributed by atoms with Crippen LogP contribution in [0.25, 0.3) is 0 Å². The molecule has 0 aromatic carbocycles. The predicted octanol–water partition coefficient (Wildman–Crippen LogP) is 3.41. The molecule has 4 heteroatoms. The number of nitrogens with one attached hydrogen (secondary N) is 1. The first-order chi connectivity index (χ1) is 9.31. The number of anilines is 1. The summed E-state index contributed by atoms with van der Waals surface area (Å²) in [4.78, 5) is 18.6. The van der Waals surface area contributed by atoms with E-state index in [-0.39, 0.29) is 11.9 Å². The van der Waals surface area contributed by atoms with Crippen molar-refractivity contribution in [1.82, 2.24) is 9.88 Å². The summed E-state index contributed by atoms with van der Waals surface area (Å²) in [5, 5.41) is 3.22. The Morgan fingerprint density at radius 2 is 1.90 bits per heavy atom. The Labute approximate surface area is 122 Å². The van der Waals surface area contributed by atoms with Gasteiger partial charge < -0.3 is 10.2 Å². The summed E-state index contributed by atoms with van der Waals surface area (Å²) in [7, 11) is 1.85. The molecule has 1 aromatic heterocycles. The Morgan fingerprint density at radius 1 is 1.25 bits per heavy atom. The standard InChI is InChI=1S/C16H27N3O/c1-11(2)10-13(5)19(6)16(20)14-8-7-9-15(18-14)17-12(3)4/h7-9,11-13H,10H2,1-6H3,(H,17,18). The Bertz CT molecular complexity index is 443. The summed E-state index contributed by atoms with van der Waals surface area (Å²) in [6.07, 6.45) is 0.992. The van der Waals surface area contributed by atoms with Gasteiger partial charge in [-0.25, -0.2) is 4.98 Å². The van der Waals surface area contributed by atoms with Gasteiger partial charge in [-0.1, -0.05) is 19.9 Å². The van der Waals surface area contributed by atoms with Gasteiger partial charge in [-0.2, -0.15) is 0 Å². The third-order valence-electron chi connectivity index (χ3n) is 3.20. The first kappa shape index (κ1) is 16.5. The van der Waals surface area contributed by atoms with E-state index in [1.165, 1.54) is 0 Å². The average molecular weight is 277 g/mol. The zero-order valence-corrected chi connectivity index (χ0v) is 13.5. The van der Waals surface area contributed by atoms with E-state index in [4.69, 9.17) is 0 Å². The molecular weight excluding hydrogens is 250 g/mol. The molecule has 0 spiro atoms. The van der Waals surface area contributed by atoms with E-state index in [1.807, 2.05) is 33.0 Å². The second-order valence-electron chi connectivity index (χ2n) is 6.10. The number of carbonyl (C=O) groups is 1. The van der Waals surface area contributed by atoms with Gasteiger partial charge in [0.1, 0.15) is 11.5 Å². The summed E-state index contributed by atoms with van der Waals surface area (Å²) in [6.45, 7) is 10.5. The second kappa shape index (κ2) is 7.27. The topological polar surface area (TPSA) is 45.2 Å². The Balaban J connectivity index is 2.80. The van der Waals surface area contributed by atoms with Crippen molar-refractivity contribution in [2.24, 2.45) is 5.92 Å². The molecular formula is C16H27N3O. The van der Waals surface area contributed by atoms with Crippen molar-refractivity contribution in [3.63, 3.8) is 0 Å². The van der Waals surface area contributed by atoms with Gasteiger partial charge in [0.15, 0.2) is 0 Å². The van der Waals surface area contributed by atoms with Crippen molar-refractivity contribution >= 4 is 11.7 Å². The maximum absolute atomic E-state index is 12.4. The van der Waals surface area contributed by atoms with E-state index < -0.39 is 0 Å². The van der Waals surface area contributed by atoms with E-state index in [0.717, 1.165) is 12.2 Å². The van der Waals surface area contributed by atoms with Crippen LogP contribution < -0.4 is 5.32 Å². The fraction of sp³-hybridized carbons (Fsp3) is 0.625. The van der Waals surface area contributed by atoms with Gasteiger partial charge in [0.25, 0.3) is 5.91 Å². The SMILES string of the molecule is CC(C)CC(C)N(C)C(=O)c1cccc(NC(C)C)n1. The normalized spacial score (nSPS) is 12.6. The fourth-order valence-corrected chi connectivity index (χ4v) is 2.15. The minimum Gasteiger partial charge on any atom is -0.368 e. The van der Waals surface area contributed by atoms with Gasteiger partial charge in [-0.05, 0) is 45.2 Å². The van der Waals surface area contributed by atoms with Crippen molar-refractivity contribution < 1.29 is 4.79 Å². The van der Waals surface area contributed by atoms with Crippen molar-refractivity contribution in [3.05, 3.63) is 23.9 Å². The van der Waals surface area contributed by atoms with Crippen LogP contribution in [-0.2, 0) is 0 Å². The Kier molecular flexibility index (Phi) is 5.99. The lowest BCUT2D eigenvalue weighted by Gasteiger charge is -2.26. The van der Waals surface area contributed by atoms with Gasteiger partial charge in [0.05, 0.1) is 0 Å². The van der Waals surface area contributed by atoms with E-state index in [1.54, 1.807) is 11.0 Å². The van der Waals surface area contributed by atoms with Gasteiger partial charge in [-0.3, -0.25) is 4.79 Å². The molecule has 0 fully saturated rings. The minimum absolute atomic E-state index is 0.0226. The molecule has 0 saturated heterocycles. The minimum atomic E-state index is -0.0226.